The van der Waals surface area contributed by atoms with Gasteiger partial charge in [-0.3, -0.25) is 0 Å². The number of hydrogen-bond acceptors (Lipinski definition) is 3. The van der Waals surface area contributed by atoms with Gasteiger partial charge in [-0.25, -0.2) is 0 Å². The first-order chi connectivity index (χ1) is 7.19. The molecule has 0 saturated carbocycles. The van der Waals surface area contributed by atoms with E-state index in [0.717, 1.165) is 12.0 Å². The molecule has 0 spiro atoms. The molecule has 0 atom stereocenters. The summed E-state index contributed by atoms with van der Waals surface area (Å²) in [5.74, 6) is 0. The molecule has 0 aliphatic carbocycles. The molecule has 1 rings (SSSR count). The Kier molecular flexibility index (Phi) is 4.82. The van der Waals surface area contributed by atoms with Crippen molar-refractivity contribution in [3.63, 3.8) is 0 Å². The summed E-state index contributed by atoms with van der Waals surface area (Å²) in [5.41, 5.74) is 2.33. The fourth-order valence-electron chi connectivity index (χ4n) is 1.60. The molecule has 0 saturated heterocycles. The molecule has 15 heavy (non-hydrogen) atoms. The summed E-state index contributed by atoms with van der Waals surface area (Å²) < 4.78 is 10.5. The molecule has 0 radical (unpaired) electrons. The largest absolute Gasteiger partial charge is 0.493 e. The minimum absolute atomic E-state index is 0.277. The number of rotatable bonds is 5. The van der Waals surface area contributed by atoms with Gasteiger partial charge >= 0.3 is 7.12 Å². The maximum Gasteiger partial charge on any atom is 0.493 e. The first-order valence-corrected chi connectivity index (χ1v) is 4.97. The highest BCUT2D eigenvalue weighted by molar-refractivity contribution is 6.61. The van der Waals surface area contributed by atoms with Gasteiger partial charge in [0.2, 0.25) is 0 Å². The summed E-state index contributed by atoms with van der Waals surface area (Å²) in [4.78, 5) is 2.13. The van der Waals surface area contributed by atoms with Crippen molar-refractivity contribution in [1.82, 2.24) is 4.90 Å². The monoisotopic (exact) mass is 207 g/mol. The van der Waals surface area contributed by atoms with Gasteiger partial charge in [0.1, 0.15) is 0 Å². The molecule has 0 aromatic heterocycles. The van der Waals surface area contributed by atoms with E-state index in [0.29, 0.717) is 0 Å². The average Bonchev–Trinajstić information content (AvgIpc) is 2.21. The van der Waals surface area contributed by atoms with Crippen molar-refractivity contribution in [1.29, 1.82) is 0 Å². The van der Waals surface area contributed by atoms with Crippen LogP contribution >= 0.6 is 0 Å². The Labute approximate surface area is 92.1 Å². The molecule has 0 bridgehead atoms. The highest BCUT2D eigenvalue weighted by atomic mass is 16.6. The van der Waals surface area contributed by atoms with Crippen LogP contribution in [0.5, 0.6) is 0 Å². The SMILES string of the molecule is COB(OC)c1ccccc1CN(C)C. The first kappa shape index (κ1) is 12.2. The second kappa shape index (κ2) is 5.90. The van der Waals surface area contributed by atoms with Gasteiger partial charge in [0, 0.05) is 20.8 Å². The standard InChI is InChI=1S/C11H18BNO2/c1-13(2)9-10-7-5-6-8-11(10)12(14-3)15-4/h5-8H,9H2,1-4H3. The van der Waals surface area contributed by atoms with Crippen LogP contribution in [0.4, 0.5) is 0 Å². The Morgan fingerprint density at radius 3 is 2.27 bits per heavy atom. The third-order valence-corrected chi connectivity index (χ3v) is 2.22. The average molecular weight is 207 g/mol. The number of hydrogen-bond donors (Lipinski definition) is 0. The molecule has 0 N–H and O–H groups in total. The van der Waals surface area contributed by atoms with Gasteiger partial charge in [0.15, 0.2) is 0 Å². The Morgan fingerprint density at radius 2 is 1.73 bits per heavy atom. The zero-order chi connectivity index (χ0) is 11.3. The fraction of sp³-hybridized carbons (Fsp3) is 0.455. The molecule has 4 heteroatoms. The maximum atomic E-state index is 5.27. The predicted molar refractivity (Wildman–Crippen MR) is 63.2 cm³/mol. The van der Waals surface area contributed by atoms with Crippen molar-refractivity contribution in [2.24, 2.45) is 0 Å². The second-order valence-electron chi connectivity index (χ2n) is 3.74. The predicted octanol–water partition coefficient (Wildman–Crippen LogP) is 0.736. The number of nitrogens with zero attached hydrogens (tertiary/aromatic N) is 1. The van der Waals surface area contributed by atoms with Crippen molar-refractivity contribution >= 4 is 12.6 Å². The quantitative estimate of drug-likeness (QED) is 0.664. The van der Waals surface area contributed by atoms with Gasteiger partial charge in [0.25, 0.3) is 0 Å². The summed E-state index contributed by atoms with van der Waals surface area (Å²) in [6.45, 7) is 0.888. The zero-order valence-electron chi connectivity index (χ0n) is 9.86. The second-order valence-corrected chi connectivity index (χ2v) is 3.74. The molecule has 0 unspecified atom stereocenters. The Hall–Kier alpha value is -0.835. The van der Waals surface area contributed by atoms with Crippen LogP contribution in [0.15, 0.2) is 24.3 Å². The summed E-state index contributed by atoms with van der Waals surface area (Å²) >= 11 is 0. The van der Waals surface area contributed by atoms with Gasteiger partial charge in [-0.15, -0.1) is 0 Å². The summed E-state index contributed by atoms with van der Waals surface area (Å²) in [6, 6.07) is 8.17. The van der Waals surface area contributed by atoms with E-state index in [-0.39, 0.29) is 7.12 Å². The lowest BCUT2D eigenvalue weighted by Gasteiger charge is -2.16. The zero-order valence-corrected chi connectivity index (χ0v) is 9.86. The van der Waals surface area contributed by atoms with E-state index in [1.54, 1.807) is 14.2 Å². The van der Waals surface area contributed by atoms with E-state index in [1.165, 1.54) is 5.56 Å². The van der Waals surface area contributed by atoms with Gasteiger partial charge in [-0.2, -0.15) is 0 Å². The molecule has 0 aliphatic rings. The van der Waals surface area contributed by atoms with E-state index in [4.69, 9.17) is 9.31 Å². The molecular weight excluding hydrogens is 189 g/mol. The summed E-state index contributed by atoms with van der Waals surface area (Å²) in [5, 5.41) is 0. The van der Waals surface area contributed by atoms with Crippen LogP contribution in [0.2, 0.25) is 0 Å². The molecule has 3 nitrogen and oxygen atoms in total. The lowest BCUT2D eigenvalue weighted by Crippen LogP contribution is -2.38. The Bertz CT molecular complexity index is 300. The summed E-state index contributed by atoms with van der Waals surface area (Å²) in [7, 11) is 7.12. The molecule has 82 valence electrons. The van der Waals surface area contributed by atoms with Crippen molar-refractivity contribution in [3.8, 4) is 0 Å². The van der Waals surface area contributed by atoms with Crippen LogP contribution < -0.4 is 5.46 Å². The molecule has 0 aliphatic heterocycles. The van der Waals surface area contributed by atoms with Gasteiger partial charge < -0.3 is 14.2 Å². The van der Waals surface area contributed by atoms with E-state index < -0.39 is 0 Å². The van der Waals surface area contributed by atoms with Gasteiger partial charge in [-0.1, -0.05) is 24.3 Å². The van der Waals surface area contributed by atoms with Crippen LogP contribution in [0.25, 0.3) is 0 Å². The van der Waals surface area contributed by atoms with Crippen LogP contribution in [-0.4, -0.2) is 40.3 Å². The highest BCUT2D eigenvalue weighted by Crippen LogP contribution is 2.02. The molecule has 0 fully saturated rings. The van der Waals surface area contributed by atoms with Crippen molar-refractivity contribution in [3.05, 3.63) is 29.8 Å². The molecule has 1 aromatic rings. The molecule has 0 heterocycles. The third kappa shape index (κ3) is 3.34. The number of benzene rings is 1. The Morgan fingerprint density at radius 1 is 1.13 bits per heavy atom. The molecule has 1 aromatic carbocycles. The van der Waals surface area contributed by atoms with Crippen molar-refractivity contribution in [2.45, 2.75) is 6.54 Å². The molecular formula is C11H18BNO2. The van der Waals surface area contributed by atoms with Crippen LogP contribution in [0.1, 0.15) is 5.56 Å². The smallest absolute Gasteiger partial charge is 0.410 e. The fourth-order valence-corrected chi connectivity index (χ4v) is 1.60. The minimum atomic E-state index is -0.277. The third-order valence-electron chi connectivity index (χ3n) is 2.22. The van der Waals surface area contributed by atoms with E-state index >= 15 is 0 Å². The van der Waals surface area contributed by atoms with E-state index in [1.807, 2.05) is 32.3 Å². The Balaban J connectivity index is 2.94. The first-order valence-electron chi connectivity index (χ1n) is 4.97. The lowest BCUT2D eigenvalue weighted by atomic mass is 9.76. The minimum Gasteiger partial charge on any atom is -0.410 e. The van der Waals surface area contributed by atoms with Crippen LogP contribution in [0.3, 0.4) is 0 Å². The topological polar surface area (TPSA) is 21.7 Å². The van der Waals surface area contributed by atoms with Crippen LogP contribution in [0, 0.1) is 0 Å². The van der Waals surface area contributed by atoms with Gasteiger partial charge in [0.05, 0.1) is 0 Å². The maximum absolute atomic E-state index is 5.27. The highest BCUT2D eigenvalue weighted by Gasteiger charge is 2.20. The lowest BCUT2D eigenvalue weighted by molar-refractivity contribution is 0.291. The van der Waals surface area contributed by atoms with Crippen molar-refractivity contribution in [2.75, 3.05) is 28.3 Å². The van der Waals surface area contributed by atoms with Crippen molar-refractivity contribution < 1.29 is 9.31 Å². The summed E-state index contributed by atoms with van der Waals surface area (Å²) in [6.07, 6.45) is 0. The van der Waals surface area contributed by atoms with Crippen LogP contribution in [-0.2, 0) is 15.9 Å². The van der Waals surface area contributed by atoms with E-state index in [2.05, 4.69) is 11.0 Å². The molecule has 0 amide bonds. The van der Waals surface area contributed by atoms with E-state index in [9.17, 15) is 0 Å². The van der Waals surface area contributed by atoms with Gasteiger partial charge in [-0.05, 0) is 25.1 Å². The normalized spacial score (nSPS) is 10.7.